The van der Waals surface area contributed by atoms with Crippen LogP contribution in [0, 0.1) is 17.2 Å². The zero-order valence-electron chi connectivity index (χ0n) is 6.99. The summed E-state index contributed by atoms with van der Waals surface area (Å²) in [7, 11) is 0. The molecule has 68 valence electrons. The Bertz CT molecular complexity index is 312. The maximum absolute atomic E-state index is 8.88. The average Bonchev–Trinajstić information content (AvgIpc) is 2.71. The van der Waals surface area contributed by atoms with Crippen LogP contribution < -0.4 is 16.6 Å². The van der Waals surface area contributed by atoms with Gasteiger partial charge < -0.3 is 10.7 Å². The van der Waals surface area contributed by atoms with Gasteiger partial charge in [-0.25, -0.2) is 10.9 Å². The van der Waals surface area contributed by atoms with Crippen LogP contribution in [-0.4, -0.2) is 11.1 Å². The smallest absolute Gasteiger partial charge is 0.0979 e. The molecule has 5 heteroatoms. The third-order valence-corrected chi connectivity index (χ3v) is 2.26. The van der Waals surface area contributed by atoms with E-state index in [0.29, 0.717) is 0 Å². The van der Waals surface area contributed by atoms with E-state index in [2.05, 4.69) is 21.9 Å². The number of aromatic amines is 1. The average molecular weight is 177 g/mol. The van der Waals surface area contributed by atoms with Crippen LogP contribution >= 0.6 is 0 Å². The van der Waals surface area contributed by atoms with Gasteiger partial charge in [0.1, 0.15) is 0 Å². The summed E-state index contributed by atoms with van der Waals surface area (Å²) in [5.41, 5.74) is 12.5. The molecule has 3 atom stereocenters. The van der Waals surface area contributed by atoms with E-state index in [1.165, 1.54) is 0 Å². The van der Waals surface area contributed by atoms with Crippen molar-refractivity contribution in [2.45, 2.75) is 12.2 Å². The number of hydrazine groups is 1. The number of nitrogens with one attached hydrogen (secondary N) is 3. The van der Waals surface area contributed by atoms with Crippen LogP contribution in [-0.2, 0) is 0 Å². The molecule has 1 fully saturated rings. The van der Waals surface area contributed by atoms with Crippen LogP contribution in [0.4, 0.5) is 0 Å². The summed E-state index contributed by atoms with van der Waals surface area (Å²) in [5, 5.41) is 8.88. The molecule has 0 saturated carbocycles. The number of nitrogens with zero attached hydrogens (tertiary/aromatic N) is 1. The Morgan fingerprint density at radius 2 is 2.31 bits per heavy atom. The fourth-order valence-electron chi connectivity index (χ4n) is 1.54. The van der Waals surface area contributed by atoms with E-state index in [1.54, 1.807) is 0 Å². The number of H-pyrrole nitrogens is 1. The molecule has 1 aromatic rings. The Morgan fingerprint density at radius 3 is 2.92 bits per heavy atom. The zero-order valence-corrected chi connectivity index (χ0v) is 6.99. The predicted octanol–water partition coefficient (Wildman–Crippen LogP) is -0.412. The quantitative estimate of drug-likeness (QED) is 0.469. The molecular formula is C8H11N5. The van der Waals surface area contributed by atoms with Gasteiger partial charge in [0, 0.05) is 11.9 Å². The summed E-state index contributed by atoms with van der Waals surface area (Å²) in [5.74, 6) is -0.237. The molecule has 0 amide bonds. The second kappa shape index (κ2) is 3.18. The highest BCUT2D eigenvalue weighted by Crippen LogP contribution is 2.24. The van der Waals surface area contributed by atoms with Crippen molar-refractivity contribution in [1.29, 1.82) is 5.26 Å². The van der Waals surface area contributed by atoms with Crippen LogP contribution in [0.3, 0.4) is 0 Å². The zero-order chi connectivity index (χ0) is 9.26. The molecule has 2 heterocycles. The maximum Gasteiger partial charge on any atom is 0.0979 e. The highest BCUT2D eigenvalue weighted by Gasteiger charge is 2.34. The SMILES string of the molecule is N#CC1C(N)NNC1c1ccc[nH]1. The van der Waals surface area contributed by atoms with E-state index >= 15 is 0 Å². The van der Waals surface area contributed by atoms with Crippen LogP contribution in [0.5, 0.6) is 0 Å². The minimum atomic E-state index is -0.307. The van der Waals surface area contributed by atoms with Crippen molar-refractivity contribution in [2.24, 2.45) is 11.7 Å². The van der Waals surface area contributed by atoms with Crippen LogP contribution in [0.2, 0.25) is 0 Å². The first-order valence-corrected chi connectivity index (χ1v) is 4.12. The molecule has 0 bridgehead atoms. The van der Waals surface area contributed by atoms with Crippen molar-refractivity contribution < 1.29 is 0 Å². The minimum Gasteiger partial charge on any atom is -0.364 e. The van der Waals surface area contributed by atoms with Gasteiger partial charge in [0.15, 0.2) is 0 Å². The van der Waals surface area contributed by atoms with E-state index in [-0.39, 0.29) is 18.1 Å². The van der Waals surface area contributed by atoms with Gasteiger partial charge in [-0.2, -0.15) is 5.26 Å². The van der Waals surface area contributed by atoms with Crippen LogP contribution in [0.1, 0.15) is 11.7 Å². The van der Waals surface area contributed by atoms with Crippen LogP contribution in [0.25, 0.3) is 0 Å². The van der Waals surface area contributed by atoms with Gasteiger partial charge in [-0.3, -0.25) is 0 Å². The summed E-state index contributed by atoms with van der Waals surface area (Å²) >= 11 is 0. The molecule has 0 aliphatic carbocycles. The molecule has 2 rings (SSSR count). The van der Waals surface area contributed by atoms with Gasteiger partial charge >= 0.3 is 0 Å². The maximum atomic E-state index is 8.88. The third-order valence-electron chi connectivity index (χ3n) is 2.26. The molecule has 1 aromatic heterocycles. The Kier molecular flexibility index (Phi) is 2.02. The molecule has 3 unspecified atom stereocenters. The first-order chi connectivity index (χ1) is 6.33. The lowest BCUT2D eigenvalue weighted by molar-refractivity contribution is 0.519. The lowest BCUT2D eigenvalue weighted by Gasteiger charge is -2.11. The Balaban J connectivity index is 2.22. The van der Waals surface area contributed by atoms with Crippen LogP contribution in [0.15, 0.2) is 18.3 Å². The molecule has 5 nitrogen and oxygen atoms in total. The first kappa shape index (κ1) is 8.26. The lowest BCUT2D eigenvalue weighted by atomic mass is 9.99. The van der Waals surface area contributed by atoms with Gasteiger partial charge in [-0.1, -0.05) is 0 Å². The lowest BCUT2D eigenvalue weighted by Crippen LogP contribution is -2.38. The second-order valence-electron chi connectivity index (χ2n) is 3.07. The molecule has 1 aliphatic heterocycles. The number of hydrogen-bond donors (Lipinski definition) is 4. The van der Waals surface area contributed by atoms with Gasteiger partial charge in [0.25, 0.3) is 0 Å². The summed E-state index contributed by atoms with van der Waals surface area (Å²) < 4.78 is 0. The van der Waals surface area contributed by atoms with E-state index in [0.717, 1.165) is 5.69 Å². The van der Waals surface area contributed by atoms with Gasteiger partial charge in [0.05, 0.1) is 24.2 Å². The van der Waals surface area contributed by atoms with Gasteiger partial charge in [-0.15, -0.1) is 0 Å². The third kappa shape index (κ3) is 1.31. The monoisotopic (exact) mass is 177 g/mol. The van der Waals surface area contributed by atoms with E-state index in [1.807, 2.05) is 18.3 Å². The largest absolute Gasteiger partial charge is 0.364 e. The molecule has 0 radical (unpaired) electrons. The Hall–Kier alpha value is -1.35. The van der Waals surface area contributed by atoms with Gasteiger partial charge in [-0.05, 0) is 12.1 Å². The van der Waals surface area contributed by atoms with Crippen molar-refractivity contribution >= 4 is 0 Å². The molecular weight excluding hydrogens is 166 g/mol. The minimum absolute atomic E-state index is 0.0463. The van der Waals surface area contributed by atoms with Crippen molar-refractivity contribution in [2.75, 3.05) is 0 Å². The van der Waals surface area contributed by atoms with Crippen molar-refractivity contribution in [3.05, 3.63) is 24.0 Å². The standard InChI is InChI=1S/C8H11N5/c9-4-5-7(12-13-8(5)10)6-2-1-3-11-6/h1-3,5,7-8,11-13H,10H2. The summed E-state index contributed by atoms with van der Waals surface area (Å²) in [6.07, 6.45) is 1.52. The fraction of sp³-hybridized carbons (Fsp3) is 0.375. The van der Waals surface area contributed by atoms with Crippen molar-refractivity contribution in [3.63, 3.8) is 0 Å². The summed E-state index contributed by atoms with van der Waals surface area (Å²) in [6, 6.07) is 5.97. The fourth-order valence-corrected chi connectivity index (χ4v) is 1.54. The molecule has 0 spiro atoms. The van der Waals surface area contributed by atoms with Crippen molar-refractivity contribution in [1.82, 2.24) is 15.8 Å². The highest BCUT2D eigenvalue weighted by atomic mass is 15.5. The number of nitrogens with two attached hydrogens (primary N) is 1. The summed E-state index contributed by atoms with van der Waals surface area (Å²) in [4.78, 5) is 3.05. The highest BCUT2D eigenvalue weighted by molar-refractivity contribution is 5.16. The van der Waals surface area contributed by atoms with E-state index in [4.69, 9.17) is 11.0 Å². The topological polar surface area (TPSA) is 89.7 Å². The first-order valence-electron chi connectivity index (χ1n) is 4.12. The second-order valence-corrected chi connectivity index (χ2v) is 3.07. The van der Waals surface area contributed by atoms with E-state index in [9.17, 15) is 0 Å². The molecule has 5 N–H and O–H groups in total. The van der Waals surface area contributed by atoms with E-state index < -0.39 is 0 Å². The molecule has 1 saturated heterocycles. The number of rotatable bonds is 1. The predicted molar refractivity (Wildman–Crippen MR) is 46.9 cm³/mol. The number of aromatic nitrogens is 1. The summed E-state index contributed by atoms with van der Waals surface area (Å²) in [6.45, 7) is 0. The Labute approximate surface area is 75.9 Å². The number of nitriles is 1. The molecule has 0 aromatic carbocycles. The normalized spacial score (nSPS) is 33.1. The molecule has 13 heavy (non-hydrogen) atoms. The Morgan fingerprint density at radius 1 is 1.46 bits per heavy atom. The van der Waals surface area contributed by atoms with Gasteiger partial charge in [0.2, 0.25) is 0 Å². The van der Waals surface area contributed by atoms with Crippen molar-refractivity contribution in [3.8, 4) is 6.07 Å². The molecule has 1 aliphatic rings. The number of hydrogen-bond acceptors (Lipinski definition) is 4.